The Morgan fingerprint density at radius 1 is 1.22 bits per heavy atom. The molecule has 13 heteroatoms. The number of carbonyl (C=O) groups excluding carboxylic acids is 1. The third-order valence-corrected chi connectivity index (χ3v) is 6.98. The van der Waals surface area contributed by atoms with Crippen LogP contribution in [0.5, 0.6) is 0 Å². The average Bonchev–Trinajstić information content (AvgIpc) is 3.40. The van der Waals surface area contributed by atoms with Gasteiger partial charge in [0.25, 0.3) is 5.91 Å². The van der Waals surface area contributed by atoms with E-state index in [9.17, 15) is 19.1 Å². The number of carbonyl (C=O) groups is 2. The van der Waals surface area contributed by atoms with Crippen molar-refractivity contribution in [3.8, 4) is 11.8 Å². The number of pyridine rings is 1. The van der Waals surface area contributed by atoms with E-state index < -0.39 is 23.7 Å². The van der Waals surface area contributed by atoms with Crippen molar-refractivity contribution in [1.82, 2.24) is 15.3 Å². The maximum Gasteiger partial charge on any atom is 0.335 e. The number of carboxylic acid groups (broad SMARTS) is 1. The molecular weight excluding hydrogens is 601 g/mol. The summed E-state index contributed by atoms with van der Waals surface area (Å²) in [6, 6.07) is 11.0. The number of benzene rings is 2. The average molecular weight is 628 g/mol. The van der Waals surface area contributed by atoms with Crippen molar-refractivity contribution in [3.63, 3.8) is 0 Å². The van der Waals surface area contributed by atoms with Crippen LogP contribution in [0.2, 0.25) is 5.02 Å². The van der Waals surface area contributed by atoms with Gasteiger partial charge in [-0.25, -0.2) is 19.2 Å². The lowest BCUT2D eigenvalue weighted by atomic mass is 9.95. The zero-order chi connectivity index (χ0) is 32.1. The summed E-state index contributed by atoms with van der Waals surface area (Å²) in [6.07, 6.45) is 5.59. The van der Waals surface area contributed by atoms with Crippen molar-refractivity contribution >= 4 is 58.1 Å². The number of rotatable bonds is 7. The van der Waals surface area contributed by atoms with Gasteiger partial charge >= 0.3 is 12.0 Å². The first-order chi connectivity index (χ1) is 21.6. The number of aliphatic imine (C=N–C) groups is 1. The van der Waals surface area contributed by atoms with Crippen LogP contribution in [0.3, 0.4) is 0 Å². The molecule has 0 saturated heterocycles. The van der Waals surface area contributed by atoms with E-state index in [-0.39, 0.29) is 34.5 Å². The monoisotopic (exact) mass is 627 g/mol. The third-order valence-electron chi connectivity index (χ3n) is 6.66. The summed E-state index contributed by atoms with van der Waals surface area (Å²) < 4.78 is 19.3. The summed E-state index contributed by atoms with van der Waals surface area (Å²) >= 11 is 6.81. The molecule has 0 saturated carbocycles. The molecule has 0 radical (unpaired) electrons. The molecule has 2 aromatic carbocycles. The number of oxazole rings is 1. The minimum absolute atomic E-state index is 0.0375. The highest BCUT2D eigenvalue weighted by Gasteiger charge is 2.32. The van der Waals surface area contributed by atoms with E-state index in [2.05, 4.69) is 37.8 Å². The fourth-order valence-electron chi connectivity index (χ4n) is 4.48. The molecule has 4 aromatic rings. The van der Waals surface area contributed by atoms with Gasteiger partial charge in [-0.2, -0.15) is 4.98 Å². The molecule has 0 spiro atoms. The zero-order valence-corrected chi connectivity index (χ0v) is 25.1. The van der Waals surface area contributed by atoms with Crippen LogP contribution in [0, 0.1) is 17.7 Å². The Balaban J connectivity index is 1.50. The topological polar surface area (TPSA) is 145 Å². The smallest absolute Gasteiger partial charge is 0.335 e. The lowest BCUT2D eigenvalue weighted by molar-refractivity contribution is -0.113. The molecule has 0 bridgehead atoms. The van der Waals surface area contributed by atoms with Gasteiger partial charge in [0.15, 0.2) is 5.58 Å². The normalized spacial score (nSPS) is 14.4. The van der Waals surface area contributed by atoms with Crippen LogP contribution in [0.15, 0.2) is 87.7 Å². The van der Waals surface area contributed by atoms with E-state index in [0.717, 1.165) is 12.1 Å². The number of carboxylic acids is 1. The van der Waals surface area contributed by atoms with E-state index in [1.165, 1.54) is 36.5 Å². The molecule has 0 fully saturated rings. The van der Waals surface area contributed by atoms with Gasteiger partial charge in [0.1, 0.15) is 23.2 Å². The van der Waals surface area contributed by atoms with Crippen LogP contribution >= 0.6 is 11.6 Å². The molecule has 2 aromatic heterocycles. The van der Waals surface area contributed by atoms with E-state index in [4.69, 9.17) is 21.0 Å². The highest BCUT2D eigenvalue weighted by Crippen LogP contribution is 2.37. The van der Waals surface area contributed by atoms with Crippen molar-refractivity contribution in [2.75, 3.05) is 22.6 Å². The number of allylic oxidation sites excluding steroid dienone is 2. The van der Waals surface area contributed by atoms with Crippen molar-refractivity contribution in [2.24, 2.45) is 4.99 Å². The van der Waals surface area contributed by atoms with E-state index in [0.29, 0.717) is 21.8 Å². The van der Waals surface area contributed by atoms with Gasteiger partial charge in [-0.15, -0.1) is 0 Å². The second kappa shape index (κ2) is 13.3. The fraction of sp³-hybridized carbons (Fsp3) is 0.156. The standard InChI is InChI=1S/C32H27ClFN7O4/c1-4-5-6-7-14-41(3)21-9-10-22(23(33)17-21)28-27(29(42)38-26-15-19(30(43)44)12-13-35-26)18(2)36-31(39-28)40-32-37-24-11-8-20(34)16-25(24)45-32/h7-17,28H,4H2,1-3H3,(H,43,44)(H,35,38,42)(H2,36,37,39,40)/b14-7-. The van der Waals surface area contributed by atoms with Crippen LogP contribution in [-0.2, 0) is 4.79 Å². The maximum atomic E-state index is 13.7. The Hall–Kier alpha value is -5.67. The van der Waals surface area contributed by atoms with Crippen molar-refractivity contribution in [1.29, 1.82) is 0 Å². The first-order valence-electron chi connectivity index (χ1n) is 13.7. The molecule has 1 atom stereocenters. The first-order valence-corrected chi connectivity index (χ1v) is 14.1. The number of anilines is 3. The number of fused-ring (bicyclic) bond motifs is 1. The van der Waals surface area contributed by atoms with Crippen LogP contribution in [0.25, 0.3) is 11.1 Å². The Labute approximate surface area is 262 Å². The largest absolute Gasteiger partial charge is 0.478 e. The molecule has 45 heavy (non-hydrogen) atoms. The molecule has 4 N–H and O–H groups in total. The summed E-state index contributed by atoms with van der Waals surface area (Å²) in [7, 11) is 1.85. The molecule has 11 nitrogen and oxygen atoms in total. The van der Waals surface area contributed by atoms with Gasteiger partial charge in [-0.3, -0.25) is 10.1 Å². The zero-order valence-electron chi connectivity index (χ0n) is 24.4. The third kappa shape index (κ3) is 7.11. The Morgan fingerprint density at radius 3 is 2.80 bits per heavy atom. The summed E-state index contributed by atoms with van der Waals surface area (Å²) in [4.78, 5) is 40.1. The van der Waals surface area contributed by atoms with E-state index >= 15 is 0 Å². The summed E-state index contributed by atoms with van der Waals surface area (Å²) in [5, 5.41) is 18.4. The molecule has 5 rings (SSSR count). The van der Waals surface area contributed by atoms with Crippen LogP contribution < -0.4 is 20.9 Å². The molecular formula is C32H27ClFN7O4. The van der Waals surface area contributed by atoms with E-state index in [1.807, 2.05) is 31.1 Å². The van der Waals surface area contributed by atoms with Crippen LogP contribution in [0.4, 0.5) is 21.9 Å². The first kappa shape index (κ1) is 30.8. The highest BCUT2D eigenvalue weighted by atomic mass is 35.5. The van der Waals surface area contributed by atoms with Gasteiger partial charge in [0.2, 0.25) is 5.96 Å². The summed E-state index contributed by atoms with van der Waals surface area (Å²) in [5.41, 5.74) is 2.56. The molecule has 0 aliphatic carbocycles. The quantitative estimate of drug-likeness (QED) is 0.179. The fourth-order valence-corrected chi connectivity index (χ4v) is 4.76. The Morgan fingerprint density at radius 2 is 2.04 bits per heavy atom. The predicted molar refractivity (Wildman–Crippen MR) is 170 cm³/mol. The minimum atomic E-state index is -1.16. The summed E-state index contributed by atoms with van der Waals surface area (Å²) in [5.74, 6) is 3.96. The van der Waals surface area contributed by atoms with Crippen molar-refractivity contribution in [3.05, 3.63) is 100 Å². The molecule has 3 heterocycles. The number of nitrogens with zero attached hydrogens (tertiary/aromatic N) is 4. The number of halogens is 2. The number of hydrogen-bond acceptors (Lipinski definition) is 9. The van der Waals surface area contributed by atoms with Gasteiger partial charge in [-0.1, -0.05) is 36.4 Å². The molecule has 1 aliphatic rings. The Bertz CT molecular complexity index is 1960. The van der Waals surface area contributed by atoms with Gasteiger partial charge in [0, 0.05) is 60.0 Å². The molecule has 1 aliphatic heterocycles. The highest BCUT2D eigenvalue weighted by molar-refractivity contribution is 6.32. The SMILES string of the molecule is CCC#C/C=C\N(C)c1ccc(C2N=C(Nc3nc4ccc(F)cc4o3)NC(C)=C2C(=O)Nc2cc(C(=O)O)ccn2)c(Cl)c1. The number of aromatic carboxylic acids is 1. The second-order valence-electron chi connectivity index (χ2n) is 9.80. The number of hydrogen-bond donors (Lipinski definition) is 4. The maximum absolute atomic E-state index is 13.7. The number of amides is 1. The van der Waals surface area contributed by atoms with Gasteiger partial charge < -0.3 is 25.1 Å². The van der Waals surface area contributed by atoms with Crippen LogP contribution in [0.1, 0.15) is 42.2 Å². The van der Waals surface area contributed by atoms with Crippen LogP contribution in [-0.4, -0.2) is 40.0 Å². The molecule has 228 valence electrons. The lowest BCUT2D eigenvalue weighted by Gasteiger charge is -2.27. The molecule has 1 unspecified atom stereocenters. The number of aromatic nitrogens is 2. The number of nitrogens with one attached hydrogen (secondary N) is 3. The Kier molecular flexibility index (Phi) is 9.11. The van der Waals surface area contributed by atoms with Gasteiger partial charge in [-0.05, 0) is 43.3 Å². The minimum Gasteiger partial charge on any atom is -0.478 e. The van der Waals surface area contributed by atoms with Crippen molar-refractivity contribution < 1.29 is 23.5 Å². The van der Waals surface area contributed by atoms with Crippen molar-refractivity contribution in [2.45, 2.75) is 26.3 Å². The summed E-state index contributed by atoms with van der Waals surface area (Å²) in [6.45, 7) is 3.65. The second-order valence-corrected chi connectivity index (χ2v) is 10.2. The molecule has 1 amide bonds. The van der Waals surface area contributed by atoms with Gasteiger partial charge in [0.05, 0.1) is 11.1 Å². The number of guanidine groups is 1. The lowest BCUT2D eigenvalue weighted by Crippen LogP contribution is -2.37. The van der Waals surface area contributed by atoms with E-state index in [1.54, 1.807) is 25.1 Å². The predicted octanol–water partition coefficient (Wildman–Crippen LogP) is 6.10.